The first-order valence-electron chi connectivity index (χ1n) is 12.7. The van der Waals surface area contributed by atoms with Gasteiger partial charge in [0.25, 0.3) is 11.1 Å². The van der Waals surface area contributed by atoms with Crippen molar-refractivity contribution in [3.05, 3.63) is 63.6 Å². The van der Waals surface area contributed by atoms with Gasteiger partial charge in [0.2, 0.25) is 0 Å². The monoisotopic (exact) mass is 556 g/mol. The molecule has 5 rings (SSSR count). The largest absolute Gasteiger partial charge is 0.462 e. The maximum atomic E-state index is 13.1. The summed E-state index contributed by atoms with van der Waals surface area (Å²) in [7, 11) is 0. The molecule has 3 aromatic rings. The third kappa shape index (κ3) is 4.35. The van der Waals surface area contributed by atoms with Crippen molar-refractivity contribution in [1.29, 1.82) is 0 Å². The van der Waals surface area contributed by atoms with E-state index in [0.717, 1.165) is 44.5 Å². The quantitative estimate of drug-likeness (QED) is 0.449. The molecule has 3 aromatic heterocycles. The minimum Gasteiger partial charge on any atom is -0.462 e. The molecule has 0 N–H and O–H groups in total. The maximum absolute atomic E-state index is 13.1. The molecule has 5 heterocycles. The fourth-order valence-electron chi connectivity index (χ4n) is 4.90. The van der Waals surface area contributed by atoms with E-state index in [9.17, 15) is 19.2 Å². The Labute approximate surface area is 225 Å². The first kappa shape index (κ1) is 26.2. The summed E-state index contributed by atoms with van der Waals surface area (Å²) < 4.78 is 15.3. The Morgan fingerprint density at radius 3 is 1.58 bits per heavy atom. The summed E-state index contributed by atoms with van der Waals surface area (Å²) in [5.41, 5.74) is 1.06. The molecule has 0 aromatic carbocycles. The van der Waals surface area contributed by atoms with E-state index in [4.69, 9.17) is 9.47 Å². The van der Waals surface area contributed by atoms with Crippen LogP contribution >= 0.6 is 22.7 Å². The van der Waals surface area contributed by atoms with Crippen LogP contribution in [0.25, 0.3) is 11.1 Å². The number of rotatable bonds is 4. The van der Waals surface area contributed by atoms with Gasteiger partial charge in [-0.05, 0) is 53.4 Å². The minimum atomic E-state index is -0.661. The zero-order valence-corrected chi connectivity index (χ0v) is 23.2. The number of carbonyl (C=O) groups excluding carboxylic acids is 2. The van der Waals surface area contributed by atoms with Gasteiger partial charge in [-0.1, -0.05) is 0 Å². The number of aromatic nitrogens is 4. The fourth-order valence-corrected chi connectivity index (χ4v) is 7.27. The number of hydrogen-bond acceptors (Lipinski definition) is 10. The van der Waals surface area contributed by atoms with Crippen LogP contribution in [-0.4, -0.2) is 44.3 Å². The number of nitrogens with zero attached hydrogens (tertiary/aromatic N) is 4. The van der Waals surface area contributed by atoms with Crippen LogP contribution in [0.15, 0.2) is 22.0 Å². The van der Waals surface area contributed by atoms with Crippen molar-refractivity contribution in [1.82, 2.24) is 19.1 Å². The molecule has 0 bridgehead atoms. The lowest BCUT2D eigenvalue weighted by molar-refractivity contribution is 0.0512. The molecule has 12 heteroatoms. The molecule has 0 fully saturated rings. The second-order valence-corrected chi connectivity index (χ2v) is 11.9. The summed E-state index contributed by atoms with van der Waals surface area (Å²) in [6, 6.07) is -0.180. The predicted molar refractivity (Wildman–Crippen MR) is 143 cm³/mol. The number of esters is 2. The topological polar surface area (TPSA) is 122 Å². The van der Waals surface area contributed by atoms with Crippen LogP contribution < -0.4 is 18.8 Å². The molecule has 2 aliphatic heterocycles. The summed E-state index contributed by atoms with van der Waals surface area (Å²) in [6.45, 7) is 7.66. The van der Waals surface area contributed by atoms with Crippen LogP contribution in [0.1, 0.15) is 97.8 Å². The van der Waals surface area contributed by atoms with Crippen molar-refractivity contribution in [2.45, 2.75) is 65.5 Å². The van der Waals surface area contributed by atoms with Crippen LogP contribution in [0.2, 0.25) is 0 Å². The second-order valence-electron chi connectivity index (χ2n) is 9.29. The van der Waals surface area contributed by atoms with Gasteiger partial charge in [-0.25, -0.2) is 19.6 Å². The Morgan fingerprint density at radius 2 is 1.21 bits per heavy atom. The maximum Gasteiger partial charge on any atom is 0.345 e. The number of fused-ring (bicyclic) bond motifs is 2. The summed E-state index contributed by atoms with van der Waals surface area (Å²) in [6.07, 6.45) is 5.65. The summed E-state index contributed by atoms with van der Waals surface area (Å²) >= 11 is 3.19. The van der Waals surface area contributed by atoms with Crippen molar-refractivity contribution in [2.75, 3.05) is 13.2 Å². The standard InChI is InChI=1S/C26H28N4O6S2/c1-5-35-23(33)17-11-27-19-15(9-7-13(3)29(19)21(17)31)25-37-26(38-25)16-10-8-14(4)30-20(16)28-12-18(22(30)32)24(34)36-6-2/h11-14H,5-10H2,1-4H3. The summed E-state index contributed by atoms with van der Waals surface area (Å²) in [4.78, 5) is 59.8. The van der Waals surface area contributed by atoms with Gasteiger partial charge in [-0.2, -0.15) is 0 Å². The van der Waals surface area contributed by atoms with Crippen LogP contribution in [0.3, 0.4) is 0 Å². The lowest BCUT2D eigenvalue weighted by Gasteiger charge is -2.27. The molecular formula is C26H28N4O6S2. The number of ether oxygens (including phenoxy) is 2. The van der Waals surface area contributed by atoms with Gasteiger partial charge >= 0.3 is 11.9 Å². The highest BCUT2D eigenvalue weighted by Gasteiger charge is 2.29. The normalized spacial score (nSPS) is 18.6. The van der Waals surface area contributed by atoms with E-state index in [-0.39, 0.29) is 47.5 Å². The van der Waals surface area contributed by atoms with Crippen LogP contribution in [-0.2, 0) is 9.47 Å². The molecule has 0 aliphatic carbocycles. The van der Waals surface area contributed by atoms with Crippen molar-refractivity contribution >= 4 is 45.8 Å². The number of carbonyl (C=O) groups is 2. The highest BCUT2D eigenvalue weighted by atomic mass is 32.2. The van der Waals surface area contributed by atoms with Crippen LogP contribution in [0.4, 0.5) is 0 Å². The van der Waals surface area contributed by atoms with E-state index in [1.54, 1.807) is 45.7 Å². The predicted octanol–water partition coefficient (Wildman–Crippen LogP) is 2.38. The second kappa shape index (κ2) is 10.4. The first-order valence-corrected chi connectivity index (χ1v) is 14.3. The SMILES string of the molecule is CCOC(=O)c1cnc2n(c1=O)C(C)CCC2=c1sc(=C2CCC(C)n3c2ncc(C(=O)OCC)c3=O)s1. The average Bonchev–Trinajstić information content (AvgIpc) is 2.86. The number of hydrogen-bond donors (Lipinski definition) is 0. The van der Waals surface area contributed by atoms with Gasteiger partial charge < -0.3 is 9.47 Å². The van der Waals surface area contributed by atoms with E-state index in [1.807, 2.05) is 13.8 Å². The Balaban J connectivity index is 1.61. The third-order valence-corrected chi connectivity index (χ3v) is 9.61. The van der Waals surface area contributed by atoms with Crippen molar-refractivity contribution in [3.8, 4) is 0 Å². The lowest BCUT2D eigenvalue weighted by Crippen LogP contribution is -2.37. The molecule has 0 radical (unpaired) electrons. The van der Waals surface area contributed by atoms with Gasteiger partial charge in [-0.15, -0.1) is 22.7 Å². The Bertz CT molecular complexity index is 1540. The van der Waals surface area contributed by atoms with E-state index in [0.29, 0.717) is 11.6 Å². The minimum absolute atomic E-state index is 0.0583. The molecular weight excluding hydrogens is 528 g/mol. The van der Waals surface area contributed by atoms with Crippen molar-refractivity contribution < 1.29 is 19.1 Å². The molecule has 38 heavy (non-hydrogen) atoms. The van der Waals surface area contributed by atoms with Crippen molar-refractivity contribution in [2.24, 2.45) is 0 Å². The van der Waals surface area contributed by atoms with Crippen molar-refractivity contribution in [3.63, 3.8) is 0 Å². The first-order chi connectivity index (χ1) is 18.3. The molecule has 2 unspecified atom stereocenters. The molecule has 0 spiro atoms. The third-order valence-electron chi connectivity index (χ3n) is 6.89. The Hall–Kier alpha value is -3.38. The Morgan fingerprint density at radius 1 is 0.816 bits per heavy atom. The van der Waals surface area contributed by atoms with E-state index < -0.39 is 11.9 Å². The van der Waals surface area contributed by atoms with Crippen LogP contribution in [0.5, 0.6) is 0 Å². The summed E-state index contributed by atoms with van der Waals surface area (Å²) in [5.74, 6) is -0.171. The molecule has 2 aliphatic rings. The molecule has 10 nitrogen and oxygen atoms in total. The Kier molecular flexibility index (Phi) is 7.19. The average molecular weight is 557 g/mol. The zero-order valence-electron chi connectivity index (χ0n) is 21.6. The van der Waals surface area contributed by atoms with Gasteiger partial charge in [0, 0.05) is 35.6 Å². The van der Waals surface area contributed by atoms with Gasteiger partial charge in [-0.3, -0.25) is 18.7 Å². The van der Waals surface area contributed by atoms with E-state index >= 15 is 0 Å². The van der Waals surface area contributed by atoms with Crippen LogP contribution in [0, 0.1) is 0 Å². The van der Waals surface area contributed by atoms with Gasteiger partial charge in [0.15, 0.2) is 0 Å². The molecule has 2 atom stereocenters. The molecule has 0 saturated heterocycles. The van der Waals surface area contributed by atoms with E-state index in [1.165, 1.54) is 12.4 Å². The highest BCUT2D eigenvalue weighted by molar-refractivity contribution is 7.36. The van der Waals surface area contributed by atoms with Gasteiger partial charge in [0.05, 0.1) is 20.9 Å². The van der Waals surface area contributed by atoms with E-state index in [2.05, 4.69) is 9.97 Å². The fraction of sp³-hybridized carbons (Fsp3) is 0.462. The molecule has 200 valence electrons. The van der Waals surface area contributed by atoms with Gasteiger partial charge in [0.1, 0.15) is 22.8 Å². The summed E-state index contributed by atoms with van der Waals surface area (Å²) in [5, 5.41) is 0. The molecule has 0 saturated carbocycles. The lowest BCUT2D eigenvalue weighted by atomic mass is 10.0. The highest BCUT2D eigenvalue weighted by Crippen LogP contribution is 2.31. The molecule has 0 amide bonds. The smallest absolute Gasteiger partial charge is 0.345 e. The zero-order chi connectivity index (χ0) is 27.1.